The highest BCUT2D eigenvalue weighted by atomic mass is 32.2. The number of hydrogen-bond donors (Lipinski definition) is 0. The van der Waals surface area contributed by atoms with Crippen molar-refractivity contribution >= 4 is 11.8 Å². The van der Waals surface area contributed by atoms with Gasteiger partial charge in [0, 0.05) is 12.3 Å². The molecule has 0 atom stereocenters. The molecule has 2 rings (SSSR count). The third kappa shape index (κ3) is 3.17. The first-order valence-corrected chi connectivity index (χ1v) is 7.18. The van der Waals surface area contributed by atoms with Gasteiger partial charge in [-0.2, -0.15) is 0 Å². The summed E-state index contributed by atoms with van der Waals surface area (Å²) in [6, 6.07) is 6.56. The van der Waals surface area contributed by atoms with E-state index in [2.05, 4.69) is 23.4 Å². The number of aromatic nitrogens is 3. The minimum Gasteiger partial charge on any atom is -0.298 e. The zero-order valence-electron chi connectivity index (χ0n) is 11.3. The zero-order valence-corrected chi connectivity index (χ0v) is 12.2. The van der Waals surface area contributed by atoms with E-state index in [1.165, 1.54) is 17.8 Å². The number of benzene rings is 1. The van der Waals surface area contributed by atoms with E-state index in [1.807, 2.05) is 11.5 Å². The molecule has 0 saturated carbocycles. The van der Waals surface area contributed by atoms with E-state index in [-0.39, 0.29) is 5.82 Å². The lowest BCUT2D eigenvalue weighted by molar-refractivity contribution is 0.626. The van der Waals surface area contributed by atoms with Gasteiger partial charge in [-0.05, 0) is 19.1 Å². The summed E-state index contributed by atoms with van der Waals surface area (Å²) in [7, 11) is 0. The van der Waals surface area contributed by atoms with Crippen LogP contribution >= 0.6 is 11.8 Å². The fourth-order valence-corrected chi connectivity index (χ4v) is 2.51. The van der Waals surface area contributed by atoms with E-state index in [9.17, 15) is 4.39 Å². The van der Waals surface area contributed by atoms with Gasteiger partial charge in [0.05, 0.1) is 5.56 Å². The largest absolute Gasteiger partial charge is 0.298 e. The average Bonchev–Trinajstić information content (AvgIpc) is 2.80. The van der Waals surface area contributed by atoms with Crippen LogP contribution in [0, 0.1) is 5.82 Å². The summed E-state index contributed by atoms with van der Waals surface area (Å²) < 4.78 is 15.8. The molecular weight excluding hydrogens is 273 g/mol. The Hall–Kier alpha value is -1.88. The van der Waals surface area contributed by atoms with Crippen LogP contribution < -0.4 is 0 Å². The molecule has 0 unspecified atom stereocenters. The Labute approximate surface area is 122 Å². The molecule has 0 aliphatic rings. The molecule has 2 aromatic rings. The minimum absolute atomic E-state index is 0.304. The summed E-state index contributed by atoms with van der Waals surface area (Å²) in [5.41, 5.74) is 1.50. The summed E-state index contributed by atoms with van der Waals surface area (Å²) in [4.78, 5) is 0. The quantitative estimate of drug-likeness (QED) is 0.596. The number of nitrogens with zero attached hydrogens (tertiary/aromatic N) is 3. The van der Waals surface area contributed by atoms with Crippen LogP contribution in [0.4, 0.5) is 4.39 Å². The lowest BCUT2D eigenvalue weighted by Crippen LogP contribution is -2.02. The second-order valence-electron chi connectivity index (χ2n) is 4.43. The Bertz CT molecular complexity index is 634. The molecule has 1 heterocycles. The highest BCUT2D eigenvalue weighted by Crippen LogP contribution is 2.26. The average molecular weight is 289 g/mol. The van der Waals surface area contributed by atoms with Crippen LogP contribution in [0.3, 0.4) is 0 Å². The zero-order chi connectivity index (χ0) is 14.5. The molecule has 0 bridgehead atoms. The Kier molecular flexibility index (Phi) is 4.74. The molecule has 20 heavy (non-hydrogen) atoms. The van der Waals surface area contributed by atoms with Crippen LogP contribution in [0.25, 0.3) is 11.4 Å². The van der Waals surface area contributed by atoms with Crippen LogP contribution in [0.5, 0.6) is 0 Å². The maximum atomic E-state index is 13.9. The highest BCUT2D eigenvalue weighted by Gasteiger charge is 2.16. The molecular formula is C15H16FN3S. The Morgan fingerprint density at radius 2 is 2.15 bits per heavy atom. The van der Waals surface area contributed by atoms with Crippen molar-refractivity contribution in [2.75, 3.05) is 5.75 Å². The van der Waals surface area contributed by atoms with Crippen molar-refractivity contribution in [3.05, 3.63) is 54.9 Å². The van der Waals surface area contributed by atoms with Gasteiger partial charge in [0.25, 0.3) is 0 Å². The molecule has 5 heteroatoms. The molecule has 0 saturated heterocycles. The fraction of sp³-hybridized carbons (Fsp3) is 0.200. The summed E-state index contributed by atoms with van der Waals surface area (Å²) in [6.07, 6.45) is 1.75. The van der Waals surface area contributed by atoms with E-state index in [0.29, 0.717) is 17.9 Å². The van der Waals surface area contributed by atoms with Crippen LogP contribution in [0.2, 0.25) is 0 Å². The first-order chi connectivity index (χ1) is 9.63. The number of hydrogen-bond acceptors (Lipinski definition) is 3. The van der Waals surface area contributed by atoms with Gasteiger partial charge < -0.3 is 0 Å². The molecule has 0 amide bonds. The maximum absolute atomic E-state index is 13.9. The molecule has 0 spiro atoms. The van der Waals surface area contributed by atoms with Gasteiger partial charge in [0.15, 0.2) is 11.0 Å². The van der Waals surface area contributed by atoms with E-state index in [0.717, 1.165) is 16.5 Å². The Morgan fingerprint density at radius 3 is 2.80 bits per heavy atom. The normalized spacial score (nSPS) is 10.5. The van der Waals surface area contributed by atoms with Crippen LogP contribution in [-0.4, -0.2) is 20.5 Å². The number of halogens is 1. The molecule has 104 valence electrons. The first kappa shape index (κ1) is 14.5. The standard InChI is InChI=1S/C15H16FN3S/c1-4-9-19-14(12-7-5-6-8-13(12)16)17-18-15(19)20-10-11(2)3/h4-8H,1-2,9-10H2,3H3. The van der Waals surface area contributed by atoms with Gasteiger partial charge in [-0.1, -0.05) is 42.1 Å². The monoisotopic (exact) mass is 289 g/mol. The number of thioether (sulfide) groups is 1. The van der Waals surface area contributed by atoms with Crippen molar-refractivity contribution < 1.29 is 4.39 Å². The van der Waals surface area contributed by atoms with Gasteiger partial charge in [-0.15, -0.1) is 16.8 Å². The second kappa shape index (κ2) is 6.52. The summed E-state index contributed by atoms with van der Waals surface area (Å²) in [5, 5.41) is 9.00. The van der Waals surface area contributed by atoms with E-state index in [1.54, 1.807) is 24.3 Å². The predicted molar refractivity (Wildman–Crippen MR) is 81.2 cm³/mol. The van der Waals surface area contributed by atoms with Crippen molar-refractivity contribution in [2.45, 2.75) is 18.6 Å². The Balaban J connectivity index is 2.41. The van der Waals surface area contributed by atoms with Crippen molar-refractivity contribution in [3.63, 3.8) is 0 Å². The molecule has 3 nitrogen and oxygen atoms in total. The molecule has 0 aliphatic carbocycles. The SMILES string of the molecule is C=CCn1c(SCC(=C)C)nnc1-c1ccccc1F. The highest BCUT2D eigenvalue weighted by molar-refractivity contribution is 7.99. The molecule has 1 aromatic heterocycles. The third-order valence-corrected chi connectivity index (χ3v) is 3.79. The van der Waals surface area contributed by atoms with E-state index in [4.69, 9.17) is 0 Å². The third-order valence-electron chi connectivity index (χ3n) is 2.59. The van der Waals surface area contributed by atoms with Crippen LogP contribution in [0.1, 0.15) is 6.92 Å². The van der Waals surface area contributed by atoms with Gasteiger partial charge in [-0.25, -0.2) is 4.39 Å². The van der Waals surface area contributed by atoms with Crippen molar-refractivity contribution in [2.24, 2.45) is 0 Å². The first-order valence-electron chi connectivity index (χ1n) is 6.19. The van der Waals surface area contributed by atoms with Gasteiger partial charge in [-0.3, -0.25) is 4.57 Å². The molecule has 0 aliphatic heterocycles. The van der Waals surface area contributed by atoms with Gasteiger partial charge in [0.2, 0.25) is 0 Å². The summed E-state index contributed by atoms with van der Waals surface area (Å²) in [5.74, 6) is 0.973. The molecule has 1 aromatic carbocycles. The fourth-order valence-electron chi connectivity index (χ4n) is 1.72. The number of allylic oxidation sites excluding steroid dienone is 1. The summed E-state index contributed by atoms with van der Waals surface area (Å²) in [6.45, 7) is 10.1. The molecule has 0 radical (unpaired) electrons. The second-order valence-corrected chi connectivity index (χ2v) is 5.37. The lowest BCUT2D eigenvalue weighted by Gasteiger charge is -2.08. The number of rotatable bonds is 6. The van der Waals surface area contributed by atoms with Crippen molar-refractivity contribution in [3.8, 4) is 11.4 Å². The Morgan fingerprint density at radius 1 is 1.40 bits per heavy atom. The van der Waals surface area contributed by atoms with E-state index >= 15 is 0 Å². The predicted octanol–water partition coefficient (Wildman–Crippen LogP) is 3.94. The van der Waals surface area contributed by atoms with Crippen LogP contribution in [0.15, 0.2) is 54.2 Å². The topological polar surface area (TPSA) is 30.7 Å². The molecule has 0 fully saturated rings. The lowest BCUT2D eigenvalue weighted by atomic mass is 10.2. The van der Waals surface area contributed by atoms with Gasteiger partial charge >= 0.3 is 0 Å². The molecule has 0 N–H and O–H groups in total. The van der Waals surface area contributed by atoms with Crippen molar-refractivity contribution in [1.82, 2.24) is 14.8 Å². The maximum Gasteiger partial charge on any atom is 0.192 e. The smallest absolute Gasteiger partial charge is 0.192 e. The van der Waals surface area contributed by atoms with E-state index < -0.39 is 0 Å². The van der Waals surface area contributed by atoms with Gasteiger partial charge in [0.1, 0.15) is 5.82 Å². The minimum atomic E-state index is -0.304. The van der Waals surface area contributed by atoms with Crippen molar-refractivity contribution in [1.29, 1.82) is 0 Å². The van der Waals surface area contributed by atoms with Crippen LogP contribution in [-0.2, 0) is 6.54 Å². The summed E-state index contributed by atoms with van der Waals surface area (Å²) >= 11 is 1.54.